The van der Waals surface area contributed by atoms with E-state index in [2.05, 4.69) is 17.0 Å². The molecule has 94 valence electrons. The van der Waals surface area contributed by atoms with Crippen LogP contribution in [0.25, 0.3) is 0 Å². The van der Waals surface area contributed by atoms with Crippen molar-refractivity contribution in [2.75, 3.05) is 12.3 Å². The van der Waals surface area contributed by atoms with Crippen molar-refractivity contribution in [2.45, 2.75) is 51.1 Å². The largest absolute Gasteiger partial charge is 0.313 e. The van der Waals surface area contributed by atoms with Crippen LogP contribution in [0.1, 0.15) is 39.0 Å². The lowest BCUT2D eigenvalue weighted by Crippen LogP contribution is -2.42. The van der Waals surface area contributed by atoms with Gasteiger partial charge < -0.3 is 5.32 Å². The summed E-state index contributed by atoms with van der Waals surface area (Å²) >= 11 is 0. The Morgan fingerprint density at radius 1 is 1.25 bits per heavy atom. The van der Waals surface area contributed by atoms with E-state index in [1.165, 1.54) is 0 Å². The van der Waals surface area contributed by atoms with Crippen molar-refractivity contribution < 1.29 is 8.42 Å². The molecule has 2 N–H and O–H groups in total. The monoisotopic (exact) mass is 246 g/mol. The van der Waals surface area contributed by atoms with Crippen LogP contribution in [-0.4, -0.2) is 32.8 Å². The summed E-state index contributed by atoms with van der Waals surface area (Å²) in [6.45, 7) is 3.09. The predicted molar refractivity (Wildman–Crippen MR) is 64.8 cm³/mol. The number of hydrogen-bond acceptors (Lipinski definition) is 3. The van der Waals surface area contributed by atoms with E-state index in [0.29, 0.717) is 5.92 Å². The first-order valence-corrected chi connectivity index (χ1v) is 7.95. The van der Waals surface area contributed by atoms with Crippen molar-refractivity contribution in [3.05, 3.63) is 0 Å². The Hall–Kier alpha value is -0.130. The minimum Gasteiger partial charge on any atom is -0.313 e. The number of hydrogen-bond donors (Lipinski definition) is 2. The number of sulfonamides is 1. The van der Waals surface area contributed by atoms with Crippen molar-refractivity contribution in [1.82, 2.24) is 10.0 Å². The third-order valence-electron chi connectivity index (χ3n) is 3.78. The smallest absolute Gasteiger partial charge is 0.213 e. The third kappa shape index (κ3) is 3.18. The summed E-state index contributed by atoms with van der Waals surface area (Å²) in [6, 6.07) is 0.334. The van der Waals surface area contributed by atoms with Crippen molar-refractivity contribution in [3.8, 4) is 0 Å². The Morgan fingerprint density at radius 2 is 2.06 bits per heavy atom. The zero-order valence-corrected chi connectivity index (χ0v) is 10.7. The van der Waals surface area contributed by atoms with Crippen molar-refractivity contribution in [2.24, 2.45) is 5.92 Å². The number of rotatable bonds is 4. The molecule has 3 atom stereocenters. The van der Waals surface area contributed by atoms with Crippen molar-refractivity contribution in [1.29, 1.82) is 0 Å². The highest BCUT2D eigenvalue weighted by Crippen LogP contribution is 2.25. The maximum absolute atomic E-state index is 11.9. The molecule has 2 aliphatic rings. The fourth-order valence-corrected chi connectivity index (χ4v) is 4.48. The molecular weight excluding hydrogens is 224 g/mol. The zero-order valence-electron chi connectivity index (χ0n) is 9.91. The van der Waals surface area contributed by atoms with Crippen LogP contribution in [0.15, 0.2) is 0 Å². The van der Waals surface area contributed by atoms with Gasteiger partial charge in [0.05, 0.1) is 5.75 Å². The van der Waals surface area contributed by atoms with Crippen molar-refractivity contribution >= 4 is 10.0 Å². The highest BCUT2D eigenvalue weighted by atomic mass is 32.2. The Morgan fingerprint density at radius 3 is 2.62 bits per heavy atom. The van der Waals surface area contributed by atoms with E-state index in [1.54, 1.807) is 0 Å². The second-order valence-electron chi connectivity index (χ2n) is 5.21. The molecule has 4 nitrogen and oxygen atoms in total. The molecule has 0 spiro atoms. The summed E-state index contributed by atoms with van der Waals surface area (Å²) in [7, 11) is -3.09. The van der Waals surface area contributed by atoms with Gasteiger partial charge in [-0.25, -0.2) is 13.1 Å². The van der Waals surface area contributed by atoms with Crippen LogP contribution in [-0.2, 0) is 10.0 Å². The summed E-state index contributed by atoms with van der Waals surface area (Å²) in [5.41, 5.74) is 0. The molecule has 2 rings (SSSR count). The van der Waals surface area contributed by atoms with Crippen LogP contribution >= 0.6 is 0 Å². The molecule has 0 amide bonds. The summed E-state index contributed by atoms with van der Waals surface area (Å²) in [6.07, 6.45) is 5.38. The Labute approximate surface area is 98.2 Å². The summed E-state index contributed by atoms with van der Waals surface area (Å²) in [4.78, 5) is 0. The summed E-state index contributed by atoms with van der Waals surface area (Å²) < 4.78 is 26.7. The van der Waals surface area contributed by atoms with E-state index in [1.807, 2.05) is 0 Å². The summed E-state index contributed by atoms with van der Waals surface area (Å²) in [5.74, 6) is 0.738. The van der Waals surface area contributed by atoms with Gasteiger partial charge in [0.25, 0.3) is 0 Å². The van der Waals surface area contributed by atoms with Gasteiger partial charge in [-0.1, -0.05) is 13.3 Å². The lowest BCUT2D eigenvalue weighted by molar-refractivity contribution is 0.473. The Balaban J connectivity index is 1.86. The van der Waals surface area contributed by atoms with Crippen LogP contribution in [0, 0.1) is 5.92 Å². The van der Waals surface area contributed by atoms with Gasteiger partial charge >= 0.3 is 0 Å². The van der Waals surface area contributed by atoms with Gasteiger partial charge in [0, 0.05) is 12.1 Å². The molecule has 0 bridgehead atoms. The predicted octanol–water partition coefficient (Wildman–Crippen LogP) is 0.846. The highest BCUT2D eigenvalue weighted by molar-refractivity contribution is 7.89. The average Bonchev–Trinajstić information content (AvgIpc) is 2.78. The quantitative estimate of drug-likeness (QED) is 0.773. The van der Waals surface area contributed by atoms with Gasteiger partial charge in [-0.05, 0) is 38.1 Å². The van der Waals surface area contributed by atoms with E-state index < -0.39 is 10.0 Å². The van der Waals surface area contributed by atoms with Gasteiger partial charge in [0.15, 0.2) is 0 Å². The SMILES string of the molecule is CC1CCCC1NS(=O)(=O)CC1CCCN1. The van der Waals surface area contributed by atoms with E-state index in [0.717, 1.165) is 38.6 Å². The first-order chi connectivity index (χ1) is 7.57. The fraction of sp³-hybridized carbons (Fsp3) is 1.00. The topological polar surface area (TPSA) is 58.2 Å². The fourth-order valence-electron chi connectivity index (χ4n) is 2.76. The molecule has 1 saturated heterocycles. The number of nitrogens with one attached hydrogen (secondary N) is 2. The molecule has 0 aromatic rings. The standard InChI is InChI=1S/C11H22N2O2S/c1-9-4-2-6-11(9)13-16(14,15)8-10-5-3-7-12-10/h9-13H,2-8H2,1H3. The van der Waals surface area contributed by atoms with Gasteiger partial charge in [0.1, 0.15) is 0 Å². The van der Waals surface area contributed by atoms with Gasteiger partial charge in [-0.3, -0.25) is 0 Å². The molecule has 1 aliphatic heterocycles. The Bertz CT molecular complexity index is 323. The van der Waals surface area contributed by atoms with Gasteiger partial charge in [-0.2, -0.15) is 0 Å². The first kappa shape index (κ1) is 12.3. The van der Waals surface area contributed by atoms with Gasteiger partial charge in [0.2, 0.25) is 10.0 Å². The second kappa shape index (κ2) is 5.02. The van der Waals surface area contributed by atoms with Crippen LogP contribution in [0.2, 0.25) is 0 Å². The lowest BCUT2D eigenvalue weighted by Gasteiger charge is -2.19. The minimum absolute atomic E-state index is 0.161. The van der Waals surface area contributed by atoms with E-state index in [9.17, 15) is 8.42 Å². The molecule has 3 unspecified atom stereocenters. The van der Waals surface area contributed by atoms with E-state index in [4.69, 9.17) is 0 Å². The molecule has 1 heterocycles. The molecule has 2 fully saturated rings. The zero-order chi connectivity index (χ0) is 11.6. The third-order valence-corrected chi connectivity index (χ3v) is 5.28. The van der Waals surface area contributed by atoms with Crippen LogP contribution in [0.4, 0.5) is 0 Å². The van der Waals surface area contributed by atoms with E-state index in [-0.39, 0.29) is 17.8 Å². The molecule has 1 saturated carbocycles. The molecule has 0 radical (unpaired) electrons. The van der Waals surface area contributed by atoms with Crippen LogP contribution < -0.4 is 10.0 Å². The normalized spacial score (nSPS) is 35.7. The second-order valence-corrected chi connectivity index (χ2v) is 7.01. The average molecular weight is 246 g/mol. The molecule has 0 aromatic carbocycles. The lowest BCUT2D eigenvalue weighted by atomic mass is 10.1. The van der Waals surface area contributed by atoms with Gasteiger partial charge in [-0.15, -0.1) is 0 Å². The molecule has 0 aromatic heterocycles. The van der Waals surface area contributed by atoms with Crippen LogP contribution in [0.5, 0.6) is 0 Å². The van der Waals surface area contributed by atoms with Crippen molar-refractivity contribution in [3.63, 3.8) is 0 Å². The molecule has 5 heteroatoms. The molecule has 16 heavy (non-hydrogen) atoms. The molecular formula is C11H22N2O2S. The highest BCUT2D eigenvalue weighted by Gasteiger charge is 2.29. The summed E-state index contributed by atoms with van der Waals surface area (Å²) in [5, 5.41) is 3.23. The Kier molecular flexibility index (Phi) is 3.87. The van der Waals surface area contributed by atoms with E-state index >= 15 is 0 Å². The van der Waals surface area contributed by atoms with Crippen LogP contribution in [0.3, 0.4) is 0 Å². The maximum Gasteiger partial charge on any atom is 0.213 e. The minimum atomic E-state index is -3.09. The molecule has 1 aliphatic carbocycles. The first-order valence-electron chi connectivity index (χ1n) is 6.30. The maximum atomic E-state index is 11.9.